The fraction of sp³-hybridized carbons (Fsp3) is 0.167. The average molecular weight is 393 g/mol. The van der Waals surface area contributed by atoms with Gasteiger partial charge < -0.3 is 15.2 Å². The minimum absolute atomic E-state index is 0.00180. The number of amides is 1. The molecule has 0 radical (unpaired) electrons. The van der Waals surface area contributed by atoms with E-state index in [-0.39, 0.29) is 27.5 Å². The quantitative estimate of drug-likeness (QED) is 0.668. The van der Waals surface area contributed by atoms with E-state index in [1.807, 2.05) is 13.8 Å². The van der Waals surface area contributed by atoms with Crippen molar-refractivity contribution in [3.63, 3.8) is 0 Å². The molecule has 0 atom stereocenters. The van der Waals surface area contributed by atoms with Gasteiger partial charge in [0.15, 0.2) is 5.11 Å². The number of carbonyl (C=O) groups is 2. The molecule has 26 heavy (non-hydrogen) atoms. The normalized spacial score (nSPS) is 10.3. The Hall–Kier alpha value is -2.64. The molecule has 0 saturated carbocycles. The summed E-state index contributed by atoms with van der Waals surface area (Å²) >= 11 is 11.1. The second-order valence-corrected chi connectivity index (χ2v) is 6.41. The van der Waals surface area contributed by atoms with Crippen LogP contribution in [0.3, 0.4) is 0 Å². The highest BCUT2D eigenvalue weighted by molar-refractivity contribution is 7.80. The fourth-order valence-electron chi connectivity index (χ4n) is 2.04. The Labute approximate surface area is 161 Å². The number of hydrogen-bond acceptors (Lipinski definition) is 4. The lowest BCUT2D eigenvalue weighted by Crippen LogP contribution is -2.34. The Morgan fingerprint density at radius 3 is 2.31 bits per heavy atom. The number of benzene rings is 2. The molecule has 3 N–H and O–H groups in total. The molecule has 0 aliphatic heterocycles. The van der Waals surface area contributed by atoms with Crippen LogP contribution in [0.1, 0.15) is 34.6 Å². The molecule has 1 amide bonds. The topological polar surface area (TPSA) is 87.7 Å². The molecule has 0 aromatic heterocycles. The first-order valence-electron chi connectivity index (χ1n) is 7.68. The monoisotopic (exact) mass is 392 g/mol. The summed E-state index contributed by atoms with van der Waals surface area (Å²) in [6.45, 7) is 3.82. The van der Waals surface area contributed by atoms with Crippen LogP contribution < -0.4 is 15.4 Å². The van der Waals surface area contributed by atoms with Gasteiger partial charge in [-0.2, -0.15) is 0 Å². The van der Waals surface area contributed by atoms with E-state index in [1.54, 1.807) is 24.3 Å². The summed E-state index contributed by atoms with van der Waals surface area (Å²) in [6, 6.07) is 10.8. The molecule has 2 rings (SSSR count). The Bertz CT molecular complexity index is 838. The molecule has 0 spiro atoms. The molecule has 0 heterocycles. The van der Waals surface area contributed by atoms with Crippen LogP contribution in [0.2, 0.25) is 5.02 Å². The number of aromatic carboxylic acids is 1. The van der Waals surface area contributed by atoms with E-state index in [0.29, 0.717) is 11.3 Å². The van der Waals surface area contributed by atoms with Crippen LogP contribution in [0.5, 0.6) is 5.75 Å². The lowest BCUT2D eigenvalue weighted by molar-refractivity contribution is 0.0696. The molecule has 8 heteroatoms. The van der Waals surface area contributed by atoms with Crippen LogP contribution in [0.4, 0.5) is 5.69 Å². The maximum Gasteiger partial charge on any atom is 0.335 e. The molecule has 136 valence electrons. The van der Waals surface area contributed by atoms with Crippen molar-refractivity contribution in [2.24, 2.45) is 0 Å². The number of carboxylic acid groups (broad SMARTS) is 1. The highest BCUT2D eigenvalue weighted by atomic mass is 35.5. The van der Waals surface area contributed by atoms with Gasteiger partial charge in [-0.3, -0.25) is 10.1 Å². The molecule has 2 aromatic carbocycles. The number of rotatable bonds is 5. The fourth-order valence-corrected chi connectivity index (χ4v) is 2.41. The predicted octanol–water partition coefficient (Wildman–Crippen LogP) is 3.95. The summed E-state index contributed by atoms with van der Waals surface area (Å²) in [5.74, 6) is -0.845. The van der Waals surface area contributed by atoms with Crippen LogP contribution >= 0.6 is 23.8 Å². The maximum atomic E-state index is 12.2. The summed E-state index contributed by atoms with van der Waals surface area (Å²) in [5, 5.41) is 14.5. The number of anilines is 1. The van der Waals surface area contributed by atoms with Crippen molar-refractivity contribution in [3.05, 3.63) is 58.6 Å². The number of halogens is 1. The minimum Gasteiger partial charge on any atom is -0.491 e. The molecule has 0 saturated heterocycles. The summed E-state index contributed by atoms with van der Waals surface area (Å²) in [7, 11) is 0. The van der Waals surface area contributed by atoms with Gasteiger partial charge in [-0.15, -0.1) is 0 Å². The number of nitrogens with one attached hydrogen (secondary N) is 2. The molecule has 0 aliphatic carbocycles. The summed E-state index contributed by atoms with van der Waals surface area (Å²) in [4.78, 5) is 23.3. The van der Waals surface area contributed by atoms with Crippen molar-refractivity contribution >= 4 is 46.5 Å². The second kappa shape index (κ2) is 8.64. The van der Waals surface area contributed by atoms with Crippen molar-refractivity contribution < 1.29 is 19.4 Å². The van der Waals surface area contributed by atoms with Crippen molar-refractivity contribution in [2.45, 2.75) is 20.0 Å². The smallest absolute Gasteiger partial charge is 0.335 e. The van der Waals surface area contributed by atoms with E-state index in [4.69, 9.17) is 33.7 Å². The van der Waals surface area contributed by atoms with Crippen LogP contribution in [0.15, 0.2) is 42.5 Å². The Balaban J connectivity index is 2.02. The van der Waals surface area contributed by atoms with Gasteiger partial charge in [-0.1, -0.05) is 11.6 Å². The molecule has 6 nitrogen and oxygen atoms in total. The van der Waals surface area contributed by atoms with Gasteiger partial charge in [0.05, 0.1) is 22.4 Å². The maximum absolute atomic E-state index is 12.2. The standard InChI is InChI=1S/C18H17ClN2O4S/c1-10(2)25-13-6-3-11(4-7-13)16(22)21-18(26)20-15-9-12(17(23)24)5-8-14(15)19/h3-10H,1-2H3,(H,23,24)(H2,20,21,22,26). The first-order chi connectivity index (χ1) is 12.3. The highest BCUT2D eigenvalue weighted by Gasteiger charge is 2.12. The molecule has 0 bridgehead atoms. The van der Waals surface area contributed by atoms with E-state index in [0.717, 1.165) is 0 Å². The van der Waals surface area contributed by atoms with Crippen LogP contribution in [0, 0.1) is 0 Å². The SMILES string of the molecule is CC(C)Oc1ccc(C(=O)NC(=S)Nc2cc(C(=O)O)ccc2Cl)cc1. The van der Waals surface area contributed by atoms with Crippen LogP contribution in [-0.4, -0.2) is 28.2 Å². The van der Waals surface area contributed by atoms with Gasteiger partial charge >= 0.3 is 5.97 Å². The Morgan fingerprint density at radius 2 is 1.73 bits per heavy atom. The average Bonchev–Trinajstić information content (AvgIpc) is 2.56. The van der Waals surface area contributed by atoms with Crippen molar-refractivity contribution in [2.75, 3.05) is 5.32 Å². The van der Waals surface area contributed by atoms with E-state index < -0.39 is 11.9 Å². The van der Waals surface area contributed by atoms with Gasteiger partial charge in [0.2, 0.25) is 0 Å². The molecular weight excluding hydrogens is 376 g/mol. The Kier molecular flexibility index (Phi) is 6.54. The van der Waals surface area contributed by atoms with Crippen molar-refractivity contribution in [1.29, 1.82) is 0 Å². The molecule has 0 unspecified atom stereocenters. The number of thiocarbonyl (C=S) groups is 1. The van der Waals surface area contributed by atoms with E-state index >= 15 is 0 Å². The lowest BCUT2D eigenvalue weighted by atomic mass is 10.2. The van der Waals surface area contributed by atoms with Gasteiger partial charge in [0, 0.05) is 5.56 Å². The number of carbonyl (C=O) groups excluding carboxylic acids is 1. The van der Waals surface area contributed by atoms with Gasteiger partial charge in [0.25, 0.3) is 5.91 Å². The minimum atomic E-state index is -1.09. The van der Waals surface area contributed by atoms with Gasteiger partial charge in [0.1, 0.15) is 5.75 Å². The van der Waals surface area contributed by atoms with Crippen molar-refractivity contribution in [1.82, 2.24) is 5.32 Å². The second-order valence-electron chi connectivity index (χ2n) is 5.60. The molecule has 2 aromatic rings. The first-order valence-corrected chi connectivity index (χ1v) is 8.47. The van der Waals surface area contributed by atoms with Gasteiger partial charge in [-0.25, -0.2) is 4.79 Å². The third-order valence-electron chi connectivity index (χ3n) is 3.18. The molecular formula is C18H17ClN2O4S. The zero-order chi connectivity index (χ0) is 19.3. The van der Waals surface area contributed by atoms with E-state index in [9.17, 15) is 9.59 Å². The Morgan fingerprint density at radius 1 is 1.12 bits per heavy atom. The molecule has 0 fully saturated rings. The van der Waals surface area contributed by atoms with Crippen LogP contribution in [-0.2, 0) is 0 Å². The van der Waals surface area contributed by atoms with Crippen LogP contribution in [0.25, 0.3) is 0 Å². The first kappa shape index (κ1) is 19.7. The number of carboxylic acids is 1. The third-order valence-corrected chi connectivity index (χ3v) is 3.71. The number of hydrogen-bond donors (Lipinski definition) is 3. The zero-order valence-corrected chi connectivity index (χ0v) is 15.6. The largest absolute Gasteiger partial charge is 0.491 e. The summed E-state index contributed by atoms with van der Waals surface area (Å²) in [5.41, 5.74) is 0.736. The highest BCUT2D eigenvalue weighted by Crippen LogP contribution is 2.23. The number of ether oxygens (including phenoxy) is 1. The summed E-state index contributed by atoms with van der Waals surface area (Å²) < 4.78 is 5.52. The van der Waals surface area contributed by atoms with E-state index in [2.05, 4.69) is 10.6 Å². The van der Waals surface area contributed by atoms with Gasteiger partial charge in [-0.05, 0) is 68.5 Å². The van der Waals surface area contributed by atoms with E-state index in [1.165, 1.54) is 18.2 Å². The van der Waals surface area contributed by atoms with Crippen molar-refractivity contribution in [3.8, 4) is 5.75 Å². The molecule has 0 aliphatic rings. The third kappa shape index (κ3) is 5.44. The zero-order valence-electron chi connectivity index (χ0n) is 14.1. The summed E-state index contributed by atoms with van der Waals surface area (Å²) in [6.07, 6.45) is 0.0396. The predicted molar refractivity (Wildman–Crippen MR) is 104 cm³/mol. The lowest BCUT2D eigenvalue weighted by Gasteiger charge is -2.12.